The Morgan fingerprint density at radius 3 is 1.89 bits per heavy atom. The van der Waals surface area contributed by atoms with E-state index in [9.17, 15) is 4.79 Å². The first-order valence-electron chi connectivity index (χ1n) is 4.92. The Morgan fingerprint density at radius 1 is 1.00 bits per heavy atom. The zero-order valence-electron chi connectivity index (χ0n) is 9.35. The molecule has 0 spiro atoms. The van der Waals surface area contributed by atoms with Crippen molar-refractivity contribution in [3.8, 4) is 0 Å². The Bertz CT molecular complexity index is 651. The van der Waals surface area contributed by atoms with E-state index in [1.807, 2.05) is 0 Å². The van der Waals surface area contributed by atoms with E-state index >= 15 is 0 Å². The minimum Gasteiger partial charge on any atom is -0.270 e. The van der Waals surface area contributed by atoms with Gasteiger partial charge in [0.25, 0.3) is 5.91 Å². The molecule has 19 heavy (non-hydrogen) atoms. The molecule has 0 amide bonds. The number of imidazole rings is 1. The summed E-state index contributed by atoms with van der Waals surface area (Å²) in [5, 5.41) is -0.103. The summed E-state index contributed by atoms with van der Waals surface area (Å²) in [7, 11) is 0. The van der Waals surface area contributed by atoms with Gasteiger partial charge in [0, 0.05) is 12.4 Å². The standard InChI is InChI=1S/C11H5Cl5N2O/c1-4-17-2-3-18(4)11(19)5-6(12)8(14)10(16)9(15)7(5)13/h2-3H,1H3. The summed E-state index contributed by atoms with van der Waals surface area (Å²) >= 11 is 29.8. The maximum Gasteiger partial charge on any atom is 0.266 e. The minimum absolute atomic E-state index is 0.0103. The van der Waals surface area contributed by atoms with E-state index in [4.69, 9.17) is 58.0 Å². The van der Waals surface area contributed by atoms with Crippen LogP contribution in [0, 0.1) is 6.92 Å². The van der Waals surface area contributed by atoms with E-state index in [0.29, 0.717) is 5.82 Å². The van der Waals surface area contributed by atoms with Crippen LogP contribution in [-0.4, -0.2) is 15.5 Å². The second kappa shape index (κ2) is 5.51. The van der Waals surface area contributed by atoms with Gasteiger partial charge in [0.05, 0.1) is 30.7 Å². The molecule has 0 bridgehead atoms. The molecular formula is C11H5Cl5N2O. The van der Waals surface area contributed by atoms with Crippen molar-refractivity contribution < 1.29 is 4.79 Å². The topological polar surface area (TPSA) is 34.9 Å². The summed E-state index contributed by atoms with van der Waals surface area (Å²) in [6, 6.07) is 0. The Kier molecular flexibility index (Phi) is 4.33. The third-order valence-electron chi connectivity index (χ3n) is 2.47. The van der Waals surface area contributed by atoms with Crippen molar-refractivity contribution in [2.24, 2.45) is 0 Å². The molecule has 3 nitrogen and oxygen atoms in total. The highest BCUT2D eigenvalue weighted by Gasteiger charge is 2.25. The fraction of sp³-hybridized carbons (Fsp3) is 0.0909. The lowest BCUT2D eigenvalue weighted by Crippen LogP contribution is -2.14. The number of carbonyl (C=O) groups is 1. The summed E-state index contributed by atoms with van der Waals surface area (Å²) in [6.45, 7) is 1.67. The van der Waals surface area contributed by atoms with Crippen molar-refractivity contribution in [3.05, 3.63) is 48.9 Å². The third kappa shape index (κ3) is 2.46. The predicted molar refractivity (Wildman–Crippen MR) is 78.2 cm³/mol. The molecule has 8 heteroatoms. The maximum atomic E-state index is 12.4. The quantitative estimate of drug-likeness (QED) is 0.522. The van der Waals surface area contributed by atoms with Crippen LogP contribution in [0.1, 0.15) is 16.2 Å². The van der Waals surface area contributed by atoms with E-state index < -0.39 is 5.91 Å². The van der Waals surface area contributed by atoms with Crippen LogP contribution in [0.25, 0.3) is 0 Å². The molecule has 0 saturated heterocycles. The van der Waals surface area contributed by atoms with Gasteiger partial charge in [-0.2, -0.15) is 0 Å². The van der Waals surface area contributed by atoms with Crippen LogP contribution in [-0.2, 0) is 0 Å². The molecule has 0 saturated carbocycles. The fourth-order valence-electron chi connectivity index (χ4n) is 1.51. The average molecular weight is 358 g/mol. The van der Waals surface area contributed by atoms with E-state index in [0.717, 1.165) is 0 Å². The smallest absolute Gasteiger partial charge is 0.266 e. The molecule has 0 atom stereocenters. The van der Waals surface area contributed by atoms with Gasteiger partial charge in [-0.25, -0.2) is 4.98 Å². The van der Waals surface area contributed by atoms with E-state index in [1.54, 1.807) is 6.92 Å². The van der Waals surface area contributed by atoms with Gasteiger partial charge < -0.3 is 0 Å². The van der Waals surface area contributed by atoms with Crippen LogP contribution in [0.4, 0.5) is 0 Å². The molecule has 1 aromatic heterocycles. The molecular weight excluding hydrogens is 353 g/mol. The monoisotopic (exact) mass is 356 g/mol. The van der Waals surface area contributed by atoms with Crippen molar-refractivity contribution in [1.29, 1.82) is 0 Å². The largest absolute Gasteiger partial charge is 0.270 e. The van der Waals surface area contributed by atoms with Crippen molar-refractivity contribution in [2.75, 3.05) is 0 Å². The second-order valence-electron chi connectivity index (χ2n) is 3.59. The summed E-state index contributed by atoms with van der Waals surface area (Å²) in [6.07, 6.45) is 2.97. The van der Waals surface area contributed by atoms with Gasteiger partial charge in [0.2, 0.25) is 0 Å². The van der Waals surface area contributed by atoms with Crippen LogP contribution in [0.2, 0.25) is 25.1 Å². The Balaban J connectivity index is 2.71. The highest BCUT2D eigenvalue weighted by Crippen LogP contribution is 2.44. The molecule has 0 aliphatic rings. The first kappa shape index (κ1) is 14.9. The lowest BCUT2D eigenvalue weighted by molar-refractivity contribution is 0.0958. The normalized spacial score (nSPS) is 10.8. The van der Waals surface area contributed by atoms with Crippen LogP contribution in [0.5, 0.6) is 0 Å². The Hall–Kier alpha value is -0.450. The SMILES string of the molecule is Cc1nccn1C(=O)c1c(Cl)c(Cl)c(Cl)c(Cl)c1Cl. The zero-order chi connectivity index (χ0) is 14.3. The molecule has 0 aliphatic carbocycles. The molecule has 1 heterocycles. The summed E-state index contributed by atoms with van der Waals surface area (Å²) in [5.74, 6) is 0.00444. The van der Waals surface area contributed by atoms with Crippen LogP contribution in [0.3, 0.4) is 0 Å². The van der Waals surface area contributed by atoms with Gasteiger partial charge in [-0.05, 0) is 6.92 Å². The second-order valence-corrected chi connectivity index (χ2v) is 5.48. The third-order valence-corrected chi connectivity index (χ3v) is 4.74. The van der Waals surface area contributed by atoms with Crippen molar-refractivity contribution in [2.45, 2.75) is 6.92 Å². The van der Waals surface area contributed by atoms with Crippen molar-refractivity contribution >= 4 is 63.9 Å². The Labute approximate surface area is 134 Å². The molecule has 0 N–H and O–H groups in total. The van der Waals surface area contributed by atoms with Crippen LogP contribution in [0.15, 0.2) is 12.4 Å². The highest BCUT2D eigenvalue weighted by atomic mass is 35.5. The molecule has 0 radical (unpaired) electrons. The lowest BCUT2D eigenvalue weighted by Gasteiger charge is -2.12. The van der Waals surface area contributed by atoms with E-state index in [2.05, 4.69) is 4.98 Å². The predicted octanol–water partition coefficient (Wildman–Crippen LogP) is 5.15. The molecule has 2 aromatic rings. The molecule has 2 rings (SSSR count). The summed E-state index contributed by atoms with van der Waals surface area (Å²) < 4.78 is 1.29. The number of hydrogen-bond donors (Lipinski definition) is 0. The summed E-state index contributed by atoms with van der Waals surface area (Å²) in [4.78, 5) is 16.3. The van der Waals surface area contributed by atoms with Crippen LogP contribution < -0.4 is 0 Å². The maximum absolute atomic E-state index is 12.4. The Morgan fingerprint density at radius 2 is 1.47 bits per heavy atom. The number of nitrogens with zero attached hydrogens (tertiary/aromatic N) is 2. The number of aryl methyl sites for hydroxylation is 1. The van der Waals surface area contributed by atoms with Gasteiger partial charge in [0.15, 0.2) is 0 Å². The number of aromatic nitrogens is 2. The molecule has 0 unspecified atom stereocenters. The summed E-state index contributed by atoms with van der Waals surface area (Å²) in [5.41, 5.74) is -0.0103. The van der Waals surface area contributed by atoms with Gasteiger partial charge in [0.1, 0.15) is 5.82 Å². The van der Waals surface area contributed by atoms with Gasteiger partial charge in [-0.3, -0.25) is 9.36 Å². The first-order chi connectivity index (χ1) is 8.86. The number of rotatable bonds is 1. The zero-order valence-corrected chi connectivity index (χ0v) is 13.1. The number of benzene rings is 1. The average Bonchev–Trinajstić information content (AvgIpc) is 2.80. The molecule has 1 aromatic carbocycles. The highest BCUT2D eigenvalue weighted by molar-refractivity contribution is 6.56. The van der Waals surface area contributed by atoms with Gasteiger partial charge in [-0.15, -0.1) is 0 Å². The molecule has 0 aliphatic heterocycles. The van der Waals surface area contributed by atoms with Crippen molar-refractivity contribution in [1.82, 2.24) is 9.55 Å². The number of halogens is 5. The first-order valence-corrected chi connectivity index (χ1v) is 6.81. The van der Waals surface area contributed by atoms with Crippen LogP contribution >= 0.6 is 58.0 Å². The van der Waals surface area contributed by atoms with Gasteiger partial charge in [-0.1, -0.05) is 58.0 Å². The molecule has 100 valence electrons. The lowest BCUT2D eigenvalue weighted by atomic mass is 10.2. The molecule has 0 fully saturated rings. The number of carbonyl (C=O) groups excluding carboxylic acids is 1. The van der Waals surface area contributed by atoms with Gasteiger partial charge >= 0.3 is 0 Å². The fourth-order valence-corrected chi connectivity index (χ4v) is 2.81. The van der Waals surface area contributed by atoms with Crippen molar-refractivity contribution in [3.63, 3.8) is 0 Å². The van der Waals surface area contributed by atoms with E-state index in [-0.39, 0.29) is 30.7 Å². The number of hydrogen-bond acceptors (Lipinski definition) is 2. The minimum atomic E-state index is -0.481. The van der Waals surface area contributed by atoms with E-state index in [1.165, 1.54) is 17.0 Å².